The number of amides is 1. The van der Waals surface area contributed by atoms with Crippen molar-refractivity contribution in [2.75, 3.05) is 40.1 Å². The van der Waals surface area contributed by atoms with E-state index in [1.165, 1.54) is 16.0 Å². The molecule has 7 heteroatoms. The van der Waals surface area contributed by atoms with Crippen molar-refractivity contribution in [3.63, 3.8) is 0 Å². The van der Waals surface area contributed by atoms with Gasteiger partial charge in [-0.3, -0.25) is 9.79 Å². The summed E-state index contributed by atoms with van der Waals surface area (Å²) in [5, 5.41) is 8.97. The highest BCUT2D eigenvalue weighted by molar-refractivity contribution is 7.98. The molecule has 0 saturated carbocycles. The topological polar surface area (TPSA) is 74.8 Å². The van der Waals surface area contributed by atoms with Crippen LogP contribution < -0.4 is 16.0 Å². The van der Waals surface area contributed by atoms with Crippen molar-refractivity contribution in [3.05, 3.63) is 29.3 Å². The van der Waals surface area contributed by atoms with Gasteiger partial charge in [-0.2, -0.15) is 0 Å². The van der Waals surface area contributed by atoms with Gasteiger partial charge in [0.15, 0.2) is 5.96 Å². The smallest absolute Gasteiger partial charge is 0.239 e. The minimum absolute atomic E-state index is 0.0925. The van der Waals surface area contributed by atoms with Crippen LogP contribution in [0, 0.1) is 6.92 Å². The van der Waals surface area contributed by atoms with Gasteiger partial charge in [0, 0.05) is 32.1 Å². The fraction of sp³-hybridized carbons (Fsp3) is 0.500. The van der Waals surface area contributed by atoms with Crippen LogP contribution in [0.5, 0.6) is 0 Å². The molecule has 1 aromatic rings. The van der Waals surface area contributed by atoms with Crippen LogP contribution in [0.2, 0.25) is 0 Å². The third-order valence-electron chi connectivity index (χ3n) is 3.16. The summed E-state index contributed by atoms with van der Waals surface area (Å²) in [6.07, 6.45) is 2.07. The van der Waals surface area contributed by atoms with Gasteiger partial charge >= 0.3 is 0 Å². The lowest BCUT2D eigenvalue weighted by atomic mass is 10.1. The van der Waals surface area contributed by atoms with E-state index in [1.54, 1.807) is 25.9 Å². The van der Waals surface area contributed by atoms with Crippen LogP contribution in [-0.4, -0.2) is 52.0 Å². The Bertz CT molecular complexity index is 535. The maximum absolute atomic E-state index is 11.6. The first kappa shape index (κ1) is 19.3. The van der Waals surface area contributed by atoms with E-state index in [0.717, 1.165) is 0 Å². The predicted octanol–water partition coefficient (Wildman–Crippen LogP) is 1.14. The molecule has 0 atom stereocenters. The number of ether oxygens (including phenoxy) is 1. The van der Waals surface area contributed by atoms with Crippen molar-refractivity contribution in [2.45, 2.75) is 18.4 Å². The summed E-state index contributed by atoms with van der Waals surface area (Å²) in [6, 6.07) is 6.37. The third kappa shape index (κ3) is 7.38. The fourth-order valence-corrected chi connectivity index (χ4v) is 2.62. The van der Waals surface area contributed by atoms with Crippen LogP contribution in [0.25, 0.3) is 0 Å². The van der Waals surface area contributed by atoms with E-state index in [2.05, 4.69) is 52.3 Å². The zero-order valence-corrected chi connectivity index (χ0v) is 15.0. The molecular formula is C16H26N4O2S. The number of methoxy groups -OCH3 is 1. The lowest BCUT2D eigenvalue weighted by Crippen LogP contribution is -2.43. The normalized spacial score (nSPS) is 11.2. The number of carbonyl (C=O) groups is 1. The Morgan fingerprint density at radius 1 is 1.30 bits per heavy atom. The summed E-state index contributed by atoms with van der Waals surface area (Å²) in [6.45, 7) is 3.92. The van der Waals surface area contributed by atoms with Crippen LogP contribution in [0.4, 0.5) is 0 Å². The largest absolute Gasteiger partial charge is 0.383 e. The van der Waals surface area contributed by atoms with Gasteiger partial charge in [0.2, 0.25) is 5.91 Å². The maximum Gasteiger partial charge on any atom is 0.239 e. The second-order valence-electron chi connectivity index (χ2n) is 4.94. The molecule has 0 aliphatic rings. The molecule has 1 aromatic carbocycles. The second kappa shape index (κ2) is 10.9. The van der Waals surface area contributed by atoms with Gasteiger partial charge in [0.1, 0.15) is 0 Å². The highest BCUT2D eigenvalue weighted by atomic mass is 32.2. The van der Waals surface area contributed by atoms with E-state index >= 15 is 0 Å². The van der Waals surface area contributed by atoms with E-state index in [1.807, 2.05) is 0 Å². The number of hydrogen-bond acceptors (Lipinski definition) is 4. The quantitative estimate of drug-likeness (QED) is 0.287. The molecule has 0 aromatic heterocycles. The standard InChI is InChI=1S/C16H26N4O2S/c1-12-5-6-13(14(9-12)23-4)10-19-16(17-2)20-11-15(21)18-7-8-22-3/h5-6,9H,7-8,10-11H2,1-4H3,(H,18,21)(H2,17,19,20). The molecule has 0 fully saturated rings. The van der Waals surface area contributed by atoms with Crippen molar-refractivity contribution in [2.24, 2.45) is 4.99 Å². The van der Waals surface area contributed by atoms with Crippen molar-refractivity contribution in [3.8, 4) is 0 Å². The molecule has 23 heavy (non-hydrogen) atoms. The molecule has 1 amide bonds. The summed E-state index contributed by atoms with van der Waals surface area (Å²) < 4.78 is 4.88. The van der Waals surface area contributed by atoms with Crippen LogP contribution in [-0.2, 0) is 16.1 Å². The first-order valence-electron chi connectivity index (χ1n) is 7.44. The Morgan fingerprint density at radius 3 is 2.74 bits per heavy atom. The molecule has 0 saturated heterocycles. The molecule has 0 spiro atoms. The number of hydrogen-bond donors (Lipinski definition) is 3. The monoisotopic (exact) mass is 338 g/mol. The summed E-state index contributed by atoms with van der Waals surface area (Å²) in [4.78, 5) is 17.0. The lowest BCUT2D eigenvalue weighted by molar-refractivity contribution is -0.120. The van der Waals surface area contributed by atoms with E-state index in [4.69, 9.17) is 4.74 Å². The Labute approximate surface area is 142 Å². The SMILES string of the molecule is CN=C(NCC(=O)NCCOC)NCc1ccc(C)cc1SC. The van der Waals surface area contributed by atoms with Gasteiger partial charge in [0.05, 0.1) is 13.2 Å². The zero-order chi connectivity index (χ0) is 17.1. The molecule has 0 unspecified atom stereocenters. The van der Waals surface area contributed by atoms with Crippen molar-refractivity contribution >= 4 is 23.6 Å². The van der Waals surface area contributed by atoms with Gasteiger partial charge in [-0.25, -0.2) is 0 Å². The number of aliphatic imine (C=N–C) groups is 1. The van der Waals surface area contributed by atoms with Gasteiger partial charge in [-0.05, 0) is 30.4 Å². The number of thioether (sulfide) groups is 1. The van der Waals surface area contributed by atoms with E-state index in [-0.39, 0.29) is 12.5 Å². The fourth-order valence-electron chi connectivity index (χ4n) is 1.92. The van der Waals surface area contributed by atoms with Gasteiger partial charge in [0.25, 0.3) is 0 Å². The molecule has 0 radical (unpaired) electrons. The van der Waals surface area contributed by atoms with Crippen molar-refractivity contribution < 1.29 is 9.53 Å². The minimum Gasteiger partial charge on any atom is -0.383 e. The molecule has 6 nitrogen and oxygen atoms in total. The number of nitrogens with zero attached hydrogens (tertiary/aromatic N) is 1. The summed E-state index contributed by atoms with van der Waals surface area (Å²) >= 11 is 1.72. The molecular weight excluding hydrogens is 312 g/mol. The van der Waals surface area contributed by atoms with Gasteiger partial charge in [-0.1, -0.05) is 12.1 Å². The van der Waals surface area contributed by atoms with E-state index in [0.29, 0.717) is 25.7 Å². The van der Waals surface area contributed by atoms with Gasteiger partial charge in [-0.15, -0.1) is 11.8 Å². The zero-order valence-electron chi connectivity index (χ0n) is 14.2. The molecule has 0 heterocycles. The average molecular weight is 338 g/mol. The highest BCUT2D eigenvalue weighted by Gasteiger charge is 2.05. The first-order valence-corrected chi connectivity index (χ1v) is 8.66. The van der Waals surface area contributed by atoms with Crippen LogP contribution in [0.3, 0.4) is 0 Å². The summed E-state index contributed by atoms with van der Waals surface area (Å²) in [7, 11) is 3.28. The molecule has 3 N–H and O–H groups in total. The number of nitrogens with one attached hydrogen (secondary N) is 3. The van der Waals surface area contributed by atoms with Crippen LogP contribution >= 0.6 is 11.8 Å². The maximum atomic E-state index is 11.6. The number of aryl methyl sites for hydroxylation is 1. The minimum atomic E-state index is -0.0925. The number of guanidine groups is 1. The van der Waals surface area contributed by atoms with E-state index < -0.39 is 0 Å². The molecule has 0 aliphatic heterocycles. The molecule has 1 rings (SSSR count). The third-order valence-corrected chi connectivity index (χ3v) is 3.98. The molecule has 128 valence electrons. The van der Waals surface area contributed by atoms with Crippen LogP contribution in [0.15, 0.2) is 28.1 Å². The number of rotatable bonds is 8. The predicted molar refractivity (Wildman–Crippen MR) is 96.0 cm³/mol. The summed E-state index contributed by atoms with van der Waals surface area (Å²) in [5.74, 6) is 0.504. The molecule has 0 bridgehead atoms. The van der Waals surface area contributed by atoms with Crippen molar-refractivity contribution in [1.82, 2.24) is 16.0 Å². The highest BCUT2D eigenvalue weighted by Crippen LogP contribution is 2.21. The average Bonchev–Trinajstić information content (AvgIpc) is 2.56. The van der Waals surface area contributed by atoms with Gasteiger partial charge < -0.3 is 20.7 Å². The second-order valence-corrected chi connectivity index (χ2v) is 5.79. The lowest BCUT2D eigenvalue weighted by Gasteiger charge is -2.14. The Hall–Kier alpha value is -1.73. The first-order chi connectivity index (χ1) is 11.1. The Morgan fingerprint density at radius 2 is 2.09 bits per heavy atom. The number of benzene rings is 1. The summed E-state index contributed by atoms with van der Waals surface area (Å²) in [5.41, 5.74) is 2.45. The van der Waals surface area contributed by atoms with Crippen molar-refractivity contribution in [1.29, 1.82) is 0 Å². The van der Waals surface area contributed by atoms with E-state index in [9.17, 15) is 4.79 Å². The van der Waals surface area contributed by atoms with Crippen LogP contribution in [0.1, 0.15) is 11.1 Å². The number of carbonyl (C=O) groups excluding carboxylic acids is 1. The Balaban J connectivity index is 2.44. The molecule has 0 aliphatic carbocycles. The Kier molecular flexibility index (Phi) is 9.16.